The molecule has 0 saturated carbocycles. The fraction of sp³-hybridized carbons (Fsp3) is 0.222. The lowest BCUT2D eigenvalue weighted by atomic mass is 10.2. The summed E-state index contributed by atoms with van der Waals surface area (Å²) < 4.78 is 3.87. The van der Waals surface area contributed by atoms with Gasteiger partial charge < -0.3 is 14.5 Å². The van der Waals surface area contributed by atoms with Crippen molar-refractivity contribution >= 4 is 16.8 Å². The van der Waals surface area contributed by atoms with Crippen molar-refractivity contribution in [2.75, 3.05) is 6.54 Å². The normalized spacial score (nSPS) is 10.7. The van der Waals surface area contributed by atoms with E-state index in [1.54, 1.807) is 23.9 Å². The Kier molecular flexibility index (Phi) is 3.90. The number of para-hydroxylation sites is 1. The van der Waals surface area contributed by atoms with E-state index in [9.17, 15) is 4.79 Å². The summed E-state index contributed by atoms with van der Waals surface area (Å²) in [4.78, 5) is 12.2. The van der Waals surface area contributed by atoms with Gasteiger partial charge in [0.1, 0.15) is 11.8 Å². The van der Waals surface area contributed by atoms with Crippen LogP contribution in [0, 0.1) is 18.3 Å². The molecule has 1 amide bonds. The predicted molar refractivity (Wildman–Crippen MR) is 89.1 cm³/mol. The first-order valence-corrected chi connectivity index (χ1v) is 7.49. The van der Waals surface area contributed by atoms with Crippen LogP contribution in [0.2, 0.25) is 0 Å². The highest BCUT2D eigenvalue weighted by molar-refractivity contribution is 5.93. The third kappa shape index (κ3) is 2.84. The summed E-state index contributed by atoms with van der Waals surface area (Å²) >= 11 is 0. The van der Waals surface area contributed by atoms with Crippen molar-refractivity contribution in [1.29, 1.82) is 5.26 Å². The van der Waals surface area contributed by atoms with Crippen molar-refractivity contribution in [1.82, 2.24) is 14.5 Å². The van der Waals surface area contributed by atoms with Crippen LogP contribution in [0.4, 0.5) is 0 Å². The highest BCUT2D eigenvalue weighted by Crippen LogP contribution is 2.18. The van der Waals surface area contributed by atoms with Crippen LogP contribution >= 0.6 is 0 Å². The second kappa shape index (κ2) is 6.01. The van der Waals surface area contributed by atoms with Gasteiger partial charge in [-0.1, -0.05) is 18.2 Å². The molecule has 1 aromatic carbocycles. The standard InChI is InChI=1S/C18H18N4O/c1-13-9-15-5-3-4-6-16(15)22(13)8-7-20-18(23)17-10-14(11-19)12-21(17)2/h3-6,9-10,12H,7-8H2,1-2H3,(H,20,23). The summed E-state index contributed by atoms with van der Waals surface area (Å²) in [7, 11) is 1.76. The van der Waals surface area contributed by atoms with Gasteiger partial charge in [0.05, 0.1) is 5.56 Å². The molecule has 5 heteroatoms. The average molecular weight is 306 g/mol. The summed E-state index contributed by atoms with van der Waals surface area (Å²) in [5, 5.41) is 13.0. The van der Waals surface area contributed by atoms with Crippen molar-refractivity contribution in [2.24, 2.45) is 7.05 Å². The molecular formula is C18H18N4O. The van der Waals surface area contributed by atoms with Crippen LogP contribution in [0.3, 0.4) is 0 Å². The number of hydrogen-bond donors (Lipinski definition) is 1. The second-order valence-electron chi connectivity index (χ2n) is 5.59. The van der Waals surface area contributed by atoms with Crippen LogP contribution in [0.15, 0.2) is 42.6 Å². The molecule has 0 spiro atoms. The summed E-state index contributed by atoms with van der Waals surface area (Å²) in [6.07, 6.45) is 1.65. The molecule has 0 fully saturated rings. The van der Waals surface area contributed by atoms with Gasteiger partial charge in [0.15, 0.2) is 0 Å². The molecule has 0 saturated heterocycles. The van der Waals surface area contributed by atoms with E-state index in [2.05, 4.69) is 35.0 Å². The van der Waals surface area contributed by atoms with Gasteiger partial charge >= 0.3 is 0 Å². The monoisotopic (exact) mass is 306 g/mol. The zero-order chi connectivity index (χ0) is 16.4. The highest BCUT2D eigenvalue weighted by Gasteiger charge is 2.11. The Hall–Kier alpha value is -3.00. The maximum absolute atomic E-state index is 12.2. The highest BCUT2D eigenvalue weighted by atomic mass is 16.1. The number of benzene rings is 1. The fourth-order valence-corrected chi connectivity index (χ4v) is 2.87. The van der Waals surface area contributed by atoms with Gasteiger partial charge in [-0.3, -0.25) is 4.79 Å². The Morgan fingerprint density at radius 3 is 2.83 bits per heavy atom. The van der Waals surface area contributed by atoms with E-state index in [1.807, 2.05) is 18.2 Å². The molecule has 3 aromatic rings. The Morgan fingerprint density at radius 1 is 1.30 bits per heavy atom. The van der Waals surface area contributed by atoms with Crippen LogP contribution < -0.4 is 5.32 Å². The molecule has 3 rings (SSSR count). The Balaban J connectivity index is 1.69. The molecule has 1 N–H and O–H groups in total. The van der Waals surface area contributed by atoms with Crippen molar-refractivity contribution in [3.05, 3.63) is 59.5 Å². The molecule has 2 aromatic heterocycles. The average Bonchev–Trinajstić information content (AvgIpc) is 3.07. The molecule has 0 aliphatic rings. The number of nitriles is 1. The van der Waals surface area contributed by atoms with E-state index in [-0.39, 0.29) is 5.91 Å². The smallest absolute Gasteiger partial charge is 0.268 e. The van der Waals surface area contributed by atoms with E-state index >= 15 is 0 Å². The van der Waals surface area contributed by atoms with Gasteiger partial charge in [0.25, 0.3) is 5.91 Å². The van der Waals surface area contributed by atoms with Crippen molar-refractivity contribution in [2.45, 2.75) is 13.5 Å². The number of fused-ring (bicyclic) bond motifs is 1. The zero-order valence-electron chi connectivity index (χ0n) is 13.2. The molecule has 0 radical (unpaired) electrons. The summed E-state index contributed by atoms with van der Waals surface area (Å²) in [5.74, 6) is -0.164. The first kappa shape index (κ1) is 14.9. The minimum Gasteiger partial charge on any atom is -0.349 e. The number of amides is 1. The SMILES string of the molecule is Cc1cc2ccccc2n1CCNC(=O)c1cc(C#N)cn1C. The molecule has 116 valence electrons. The third-order valence-corrected chi connectivity index (χ3v) is 4.01. The molecule has 0 aliphatic carbocycles. The van der Waals surface area contributed by atoms with Crippen LogP contribution in [0.1, 0.15) is 21.7 Å². The number of carbonyl (C=O) groups is 1. The maximum atomic E-state index is 12.2. The Morgan fingerprint density at radius 2 is 2.09 bits per heavy atom. The molecule has 0 atom stereocenters. The first-order chi connectivity index (χ1) is 11.1. The molecule has 0 unspecified atom stereocenters. The van der Waals surface area contributed by atoms with Gasteiger partial charge in [-0.15, -0.1) is 0 Å². The number of nitrogens with zero attached hydrogens (tertiary/aromatic N) is 3. The quantitative estimate of drug-likeness (QED) is 0.805. The van der Waals surface area contributed by atoms with Crippen LogP contribution in [-0.4, -0.2) is 21.6 Å². The number of carbonyl (C=O) groups excluding carboxylic acids is 1. The lowest BCUT2D eigenvalue weighted by molar-refractivity contribution is 0.0944. The van der Waals surface area contributed by atoms with Crippen molar-refractivity contribution < 1.29 is 4.79 Å². The number of nitrogens with one attached hydrogen (secondary N) is 1. The lowest BCUT2D eigenvalue weighted by Crippen LogP contribution is -2.28. The van der Waals surface area contributed by atoms with E-state index in [0.717, 1.165) is 0 Å². The topological polar surface area (TPSA) is 62.8 Å². The largest absolute Gasteiger partial charge is 0.349 e. The van der Waals surface area contributed by atoms with E-state index in [1.165, 1.54) is 16.6 Å². The van der Waals surface area contributed by atoms with Gasteiger partial charge in [0, 0.05) is 37.5 Å². The van der Waals surface area contributed by atoms with E-state index in [0.29, 0.717) is 24.3 Å². The van der Waals surface area contributed by atoms with Crippen molar-refractivity contribution in [3.63, 3.8) is 0 Å². The van der Waals surface area contributed by atoms with Crippen molar-refractivity contribution in [3.8, 4) is 6.07 Å². The Labute approximate surface area is 134 Å². The molecule has 0 bridgehead atoms. The molecule has 0 aliphatic heterocycles. The minimum atomic E-state index is -0.164. The number of rotatable bonds is 4. The zero-order valence-corrected chi connectivity index (χ0v) is 13.2. The van der Waals surface area contributed by atoms with Gasteiger partial charge in [0.2, 0.25) is 0 Å². The third-order valence-electron chi connectivity index (χ3n) is 4.01. The summed E-state index contributed by atoms with van der Waals surface area (Å²) in [6, 6.07) is 14.0. The molecule has 5 nitrogen and oxygen atoms in total. The predicted octanol–water partition coefficient (Wildman–Crippen LogP) is 2.59. The fourth-order valence-electron chi connectivity index (χ4n) is 2.87. The first-order valence-electron chi connectivity index (χ1n) is 7.49. The summed E-state index contributed by atoms with van der Waals surface area (Å²) in [6.45, 7) is 3.31. The van der Waals surface area contributed by atoms with Crippen LogP contribution in [0.5, 0.6) is 0 Å². The second-order valence-corrected chi connectivity index (χ2v) is 5.59. The molecule has 23 heavy (non-hydrogen) atoms. The van der Waals surface area contributed by atoms with E-state index in [4.69, 9.17) is 5.26 Å². The Bertz CT molecular complexity index is 911. The van der Waals surface area contributed by atoms with Crippen LogP contribution in [0.25, 0.3) is 10.9 Å². The van der Waals surface area contributed by atoms with Gasteiger partial charge in [-0.05, 0) is 30.5 Å². The van der Waals surface area contributed by atoms with Gasteiger partial charge in [-0.25, -0.2) is 0 Å². The molecular weight excluding hydrogens is 288 g/mol. The van der Waals surface area contributed by atoms with Gasteiger partial charge in [-0.2, -0.15) is 5.26 Å². The number of hydrogen-bond acceptors (Lipinski definition) is 2. The maximum Gasteiger partial charge on any atom is 0.268 e. The molecule has 2 heterocycles. The van der Waals surface area contributed by atoms with E-state index < -0.39 is 0 Å². The number of aromatic nitrogens is 2. The van der Waals surface area contributed by atoms with Crippen LogP contribution in [-0.2, 0) is 13.6 Å². The number of aryl methyl sites for hydroxylation is 2. The minimum absolute atomic E-state index is 0.164. The lowest BCUT2D eigenvalue weighted by Gasteiger charge is -2.10. The summed E-state index contributed by atoms with van der Waals surface area (Å²) in [5.41, 5.74) is 3.33.